The second-order valence-corrected chi connectivity index (χ2v) is 6.67. The van der Waals surface area contributed by atoms with E-state index in [-0.39, 0.29) is 0 Å². The molecule has 6 heteroatoms. The minimum absolute atomic E-state index is 0.402. The van der Waals surface area contributed by atoms with Crippen LogP contribution in [0.1, 0.15) is 22.3 Å². The van der Waals surface area contributed by atoms with E-state index in [4.69, 9.17) is 20.8 Å². The predicted molar refractivity (Wildman–Crippen MR) is 105 cm³/mol. The topological polar surface area (TPSA) is 64.4 Å². The number of hydrogen-bond acceptors (Lipinski definition) is 4. The van der Waals surface area contributed by atoms with E-state index < -0.39 is 0 Å². The van der Waals surface area contributed by atoms with E-state index in [1.54, 1.807) is 6.26 Å². The number of halogens is 1. The molecular weight excluding hydrogens is 364 g/mol. The molecule has 0 aliphatic carbocycles. The van der Waals surface area contributed by atoms with Crippen molar-refractivity contribution < 1.29 is 13.9 Å². The van der Waals surface area contributed by atoms with Gasteiger partial charge in [-0.1, -0.05) is 41.9 Å². The van der Waals surface area contributed by atoms with Crippen LogP contribution in [0.5, 0.6) is 5.75 Å². The standard InChI is InChI=1S/C21H21ClN2O3/c1-14-9-18(20(22)15(2)21(14)27-8-7-23-12-25)10-16-3-5-17(6-4-16)19-11-26-13-24-19/h3-6,9,11-13H,7-8,10H2,1-2H3,(H,23,25). The van der Waals surface area contributed by atoms with E-state index in [0.717, 1.165) is 45.7 Å². The Morgan fingerprint density at radius 1 is 1.26 bits per heavy atom. The maximum atomic E-state index is 10.3. The zero-order valence-corrected chi connectivity index (χ0v) is 16.0. The van der Waals surface area contributed by atoms with E-state index in [1.165, 1.54) is 6.39 Å². The molecule has 0 aliphatic heterocycles. The lowest BCUT2D eigenvalue weighted by Gasteiger charge is -2.16. The fourth-order valence-corrected chi connectivity index (χ4v) is 3.22. The Hall–Kier alpha value is -2.79. The predicted octanol–water partition coefficient (Wildman–Crippen LogP) is 4.33. The maximum absolute atomic E-state index is 10.3. The number of rotatable bonds is 8. The number of aryl methyl sites for hydroxylation is 1. The molecule has 2 aromatic carbocycles. The van der Waals surface area contributed by atoms with Crippen molar-refractivity contribution in [3.63, 3.8) is 0 Å². The lowest BCUT2D eigenvalue weighted by Crippen LogP contribution is -2.19. The molecule has 0 fully saturated rings. The SMILES string of the molecule is Cc1cc(Cc2ccc(-c3cocn3)cc2)c(Cl)c(C)c1OCCNC=O. The summed E-state index contributed by atoms with van der Waals surface area (Å²) in [5.41, 5.74) is 5.98. The number of nitrogens with one attached hydrogen (secondary N) is 1. The van der Waals surface area contributed by atoms with Crippen molar-refractivity contribution in [3.8, 4) is 17.0 Å². The first-order valence-corrected chi connectivity index (χ1v) is 9.04. The normalized spacial score (nSPS) is 10.6. The van der Waals surface area contributed by atoms with Crippen molar-refractivity contribution in [1.29, 1.82) is 0 Å². The Balaban J connectivity index is 1.76. The molecule has 1 amide bonds. The van der Waals surface area contributed by atoms with Crippen LogP contribution in [0.4, 0.5) is 0 Å². The molecule has 1 N–H and O–H groups in total. The van der Waals surface area contributed by atoms with Gasteiger partial charge in [-0.15, -0.1) is 0 Å². The number of aromatic nitrogens is 1. The zero-order valence-electron chi connectivity index (χ0n) is 15.3. The molecule has 3 rings (SSSR count). The summed E-state index contributed by atoms with van der Waals surface area (Å²) in [7, 11) is 0. The van der Waals surface area contributed by atoms with Gasteiger partial charge in [0.05, 0.1) is 11.6 Å². The second-order valence-electron chi connectivity index (χ2n) is 6.29. The summed E-state index contributed by atoms with van der Waals surface area (Å²) in [6.07, 6.45) is 4.44. The molecule has 3 aromatic rings. The number of carbonyl (C=O) groups excluding carboxylic acids is 1. The highest BCUT2D eigenvalue weighted by atomic mass is 35.5. The molecule has 5 nitrogen and oxygen atoms in total. The van der Waals surface area contributed by atoms with Gasteiger partial charge in [0.15, 0.2) is 6.39 Å². The highest BCUT2D eigenvalue weighted by Crippen LogP contribution is 2.34. The summed E-state index contributed by atoms with van der Waals surface area (Å²) < 4.78 is 10.8. The van der Waals surface area contributed by atoms with Crippen LogP contribution < -0.4 is 10.1 Å². The fraction of sp³-hybridized carbons (Fsp3) is 0.238. The van der Waals surface area contributed by atoms with Gasteiger partial charge in [0, 0.05) is 11.1 Å². The summed E-state index contributed by atoms with van der Waals surface area (Å²) in [6, 6.07) is 10.3. The van der Waals surface area contributed by atoms with E-state index in [1.807, 2.05) is 26.0 Å². The molecule has 1 aromatic heterocycles. The Kier molecular flexibility index (Phi) is 6.14. The number of oxazole rings is 1. The molecule has 0 saturated heterocycles. The van der Waals surface area contributed by atoms with Crippen molar-refractivity contribution in [2.45, 2.75) is 20.3 Å². The van der Waals surface area contributed by atoms with E-state index in [9.17, 15) is 4.79 Å². The molecule has 0 radical (unpaired) electrons. The molecule has 0 spiro atoms. The van der Waals surface area contributed by atoms with Crippen molar-refractivity contribution in [3.05, 3.63) is 70.3 Å². The van der Waals surface area contributed by atoms with Crippen LogP contribution in [0.2, 0.25) is 5.02 Å². The Morgan fingerprint density at radius 2 is 2.04 bits per heavy atom. The van der Waals surface area contributed by atoms with Gasteiger partial charge in [-0.3, -0.25) is 4.79 Å². The molecule has 0 aliphatic rings. The third-order valence-electron chi connectivity index (χ3n) is 4.35. The smallest absolute Gasteiger partial charge is 0.207 e. The monoisotopic (exact) mass is 384 g/mol. The minimum Gasteiger partial charge on any atom is -0.491 e. The molecule has 27 heavy (non-hydrogen) atoms. The quantitative estimate of drug-likeness (QED) is 0.464. The third-order valence-corrected chi connectivity index (χ3v) is 4.88. The average Bonchev–Trinajstić information content (AvgIpc) is 3.21. The van der Waals surface area contributed by atoms with Crippen LogP contribution in [0, 0.1) is 13.8 Å². The van der Waals surface area contributed by atoms with Crippen LogP contribution in [-0.2, 0) is 11.2 Å². The summed E-state index contributed by atoms with van der Waals surface area (Å²) >= 11 is 6.60. The van der Waals surface area contributed by atoms with Crippen LogP contribution in [0.3, 0.4) is 0 Å². The van der Waals surface area contributed by atoms with Crippen LogP contribution in [0.25, 0.3) is 11.3 Å². The Morgan fingerprint density at radius 3 is 2.70 bits per heavy atom. The largest absolute Gasteiger partial charge is 0.491 e. The van der Waals surface area contributed by atoms with Gasteiger partial charge in [-0.05, 0) is 37.0 Å². The number of hydrogen-bond donors (Lipinski definition) is 1. The third kappa shape index (κ3) is 4.49. The molecule has 0 saturated carbocycles. The number of carbonyl (C=O) groups is 1. The van der Waals surface area contributed by atoms with Gasteiger partial charge >= 0.3 is 0 Å². The molecule has 0 atom stereocenters. The average molecular weight is 385 g/mol. The summed E-state index contributed by atoms with van der Waals surface area (Å²) in [5, 5.41) is 3.29. The first kappa shape index (κ1) is 19.0. The first-order chi connectivity index (χ1) is 13.1. The number of benzene rings is 2. The Bertz CT molecular complexity index is 906. The van der Waals surface area contributed by atoms with Crippen LogP contribution in [0.15, 0.2) is 47.4 Å². The summed E-state index contributed by atoms with van der Waals surface area (Å²) in [5.74, 6) is 0.776. The highest BCUT2D eigenvalue weighted by molar-refractivity contribution is 6.32. The molecule has 0 bridgehead atoms. The molecule has 0 unspecified atom stereocenters. The van der Waals surface area contributed by atoms with Gasteiger partial charge < -0.3 is 14.5 Å². The van der Waals surface area contributed by atoms with Crippen LogP contribution >= 0.6 is 11.6 Å². The van der Waals surface area contributed by atoms with Gasteiger partial charge in [-0.25, -0.2) is 4.98 Å². The zero-order chi connectivity index (χ0) is 19.2. The van der Waals surface area contributed by atoms with E-state index in [0.29, 0.717) is 24.6 Å². The van der Waals surface area contributed by atoms with Crippen molar-refractivity contribution in [2.24, 2.45) is 0 Å². The molecule has 1 heterocycles. The van der Waals surface area contributed by atoms with Crippen molar-refractivity contribution in [1.82, 2.24) is 10.3 Å². The van der Waals surface area contributed by atoms with Gasteiger partial charge in [-0.2, -0.15) is 0 Å². The van der Waals surface area contributed by atoms with Crippen LogP contribution in [-0.4, -0.2) is 24.5 Å². The van der Waals surface area contributed by atoms with E-state index in [2.05, 4.69) is 28.5 Å². The highest BCUT2D eigenvalue weighted by Gasteiger charge is 2.13. The molecular formula is C21H21ClN2O3. The van der Waals surface area contributed by atoms with Crippen molar-refractivity contribution in [2.75, 3.05) is 13.2 Å². The van der Waals surface area contributed by atoms with Gasteiger partial charge in [0.25, 0.3) is 0 Å². The van der Waals surface area contributed by atoms with Crippen molar-refractivity contribution >= 4 is 18.0 Å². The fourth-order valence-electron chi connectivity index (χ4n) is 3.02. The van der Waals surface area contributed by atoms with Gasteiger partial charge in [0.2, 0.25) is 6.41 Å². The molecule has 140 valence electrons. The number of amides is 1. The van der Waals surface area contributed by atoms with Gasteiger partial charge in [0.1, 0.15) is 24.3 Å². The lowest BCUT2D eigenvalue weighted by atomic mass is 9.98. The van der Waals surface area contributed by atoms with E-state index >= 15 is 0 Å². The summed E-state index contributed by atoms with van der Waals surface area (Å²) in [4.78, 5) is 14.5. The maximum Gasteiger partial charge on any atom is 0.207 e. The lowest BCUT2D eigenvalue weighted by molar-refractivity contribution is -0.109. The second kappa shape index (κ2) is 8.73. The minimum atomic E-state index is 0.402. The number of nitrogens with zero attached hydrogens (tertiary/aromatic N) is 1. The summed E-state index contributed by atoms with van der Waals surface area (Å²) in [6.45, 7) is 4.82. The first-order valence-electron chi connectivity index (χ1n) is 8.66. The number of ether oxygens (including phenoxy) is 1. The Labute approximate surface area is 163 Å².